The summed E-state index contributed by atoms with van der Waals surface area (Å²) in [6.07, 6.45) is 2.23. The second-order valence-electron chi connectivity index (χ2n) is 8.26. The predicted octanol–water partition coefficient (Wildman–Crippen LogP) is 4.18. The van der Waals surface area contributed by atoms with Crippen LogP contribution >= 0.6 is 0 Å². The summed E-state index contributed by atoms with van der Waals surface area (Å²) in [6.45, 7) is 2.20. The Morgan fingerprint density at radius 3 is 2.56 bits per heavy atom. The number of anilines is 2. The van der Waals surface area contributed by atoms with E-state index in [-0.39, 0.29) is 5.91 Å². The number of carbonyl (C=O) groups excluding carboxylic acids is 1. The first kappa shape index (κ1) is 20.2. The number of benzene rings is 3. The Hall–Kier alpha value is -3.71. The molecule has 0 spiro atoms. The quantitative estimate of drug-likeness (QED) is 0.501. The Morgan fingerprint density at radius 2 is 1.69 bits per heavy atom. The number of rotatable bonds is 5. The summed E-state index contributed by atoms with van der Waals surface area (Å²) < 4.78 is 1.71. The van der Waals surface area contributed by atoms with E-state index in [1.54, 1.807) is 4.68 Å². The van der Waals surface area contributed by atoms with Gasteiger partial charge in [0, 0.05) is 17.4 Å². The number of amides is 1. The lowest BCUT2D eigenvalue weighted by Crippen LogP contribution is -2.36. The second kappa shape index (κ2) is 8.80. The fourth-order valence-corrected chi connectivity index (χ4v) is 4.17. The normalized spacial score (nSPS) is 15.0. The van der Waals surface area contributed by atoms with Gasteiger partial charge in [0.25, 0.3) is 5.91 Å². The molecule has 2 N–H and O–H groups in total. The van der Waals surface area contributed by atoms with Crippen LogP contribution in [-0.2, 0) is 0 Å². The molecule has 1 aliphatic heterocycles. The van der Waals surface area contributed by atoms with Crippen molar-refractivity contribution in [3.05, 3.63) is 78.4 Å². The fraction of sp³-hybridized carbons (Fsp3) is 0.240. The lowest BCUT2D eigenvalue weighted by molar-refractivity contribution is 0.102. The highest BCUT2D eigenvalue weighted by atomic mass is 16.1. The van der Waals surface area contributed by atoms with Crippen LogP contribution in [0.5, 0.6) is 0 Å². The van der Waals surface area contributed by atoms with Gasteiger partial charge < -0.3 is 15.5 Å². The largest absolute Gasteiger partial charge is 0.382 e. The molecule has 1 saturated heterocycles. The number of fused-ring (bicyclic) bond motifs is 1. The number of piperidine rings is 1. The Balaban J connectivity index is 1.36. The van der Waals surface area contributed by atoms with E-state index in [2.05, 4.69) is 32.9 Å². The van der Waals surface area contributed by atoms with Gasteiger partial charge in [-0.05, 0) is 75.4 Å². The highest BCUT2D eigenvalue weighted by Gasteiger charge is 2.18. The van der Waals surface area contributed by atoms with E-state index < -0.39 is 0 Å². The molecule has 1 fully saturated rings. The van der Waals surface area contributed by atoms with Crippen LogP contribution < -0.4 is 10.6 Å². The van der Waals surface area contributed by atoms with Crippen LogP contribution in [0.15, 0.2) is 72.8 Å². The van der Waals surface area contributed by atoms with E-state index in [9.17, 15) is 4.79 Å². The van der Waals surface area contributed by atoms with E-state index in [4.69, 9.17) is 0 Å². The molecular formula is C25H26N6O. The second-order valence-corrected chi connectivity index (χ2v) is 8.26. The molecule has 0 saturated carbocycles. The van der Waals surface area contributed by atoms with Crippen LogP contribution in [-0.4, -0.2) is 52.0 Å². The smallest absolute Gasteiger partial charge is 0.257 e. The Labute approximate surface area is 187 Å². The molecule has 0 atom stereocenters. The van der Waals surface area contributed by atoms with Gasteiger partial charge in [0.15, 0.2) is 0 Å². The first-order valence-corrected chi connectivity index (χ1v) is 10.9. The number of nitrogens with zero attached hydrogens (tertiary/aromatic N) is 4. The summed E-state index contributed by atoms with van der Waals surface area (Å²) in [4.78, 5) is 15.6. The molecular weight excluding hydrogens is 400 g/mol. The Bertz CT molecular complexity index is 1240. The molecule has 1 aliphatic rings. The minimum atomic E-state index is -0.184. The number of aromatic nitrogens is 3. The summed E-state index contributed by atoms with van der Waals surface area (Å²) in [5, 5.41) is 15.1. The first-order valence-electron chi connectivity index (χ1n) is 10.9. The molecule has 7 heteroatoms. The topological polar surface area (TPSA) is 75.1 Å². The zero-order valence-corrected chi connectivity index (χ0v) is 18.0. The number of hydrogen-bond acceptors (Lipinski definition) is 5. The van der Waals surface area contributed by atoms with Gasteiger partial charge in [-0.15, -0.1) is 5.10 Å². The lowest BCUT2D eigenvalue weighted by atomic mass is 10.1. The summed E-state index contributed by atoms with van der Waals surface area (Å²) in [5.41, 5.74) is 4.66. The van der Waals surface area contributed by atoms with Crippen molar-refractivity contribution >= 4 is 28.3 Å². The van der Waals surface area contributed by atoms with Crippen LogP contribution in [0.3, 0.4) is 0 Å². The van der Waals surface area contributed by atoms with Crippen LogP contribution in [0.2, 0.25) is 0 Å². The summed E-state index contributed by atoms with van der Waals surface area (Å²) >= 11 is 0. The number of likely N-dealkylation sites (tertiary alicyclic amines) is 1. The van der Waals surface area contributed by atoms with Crippen molar-refractivity contribution in [2.45, 2.75) is 18.9 Å². The monoisotopic (exact) mass is 426 g/mol. The van der Waals surface area contributed by atoms with Crippen molar-refractivity contribution in [1.29, 1.82) is 0 Å². The van der Waals surface area contributed by atoms with E-state index in [1.807, 2.05) is 72.8 Å². The highest BCUT2D eigenvalue weighted by Crippen LogP contribution is 2.23. The average molecular weight is 427 g/mol. The van der Waals surface area contributed by atoms with E-state index >= 15 is 0 Å². The third kappa shape index (κ3) is 4.20. The maximum Gasteiger partial charge on any atom is 0.257 e. The van der Waals surface area contributed by atoms with Crippen molar-refractivity contribution in [3.8, 4) is 5.69 Å². The maximum atomic E-state index is 13.2. The highest BCUT2D eigenvalue weighted by molar-refractivity contribution is 6.07. The average Bonchev–Trinajstić information content (AvgIpc) is 3.25. The molecule has 32 heavy (non-hydrogen) atoms. The zero-order valence-electron chi connectivity index (χ0n) is 18.0. The van der Waals surface area contributed by atoms with Gasteiger partial charge in [-0.2, -0.15) is 0 Å². The first-order chi connectivity index (χ1) is 15.7. The minimum Gasteiger partial charge on any atom is -0.382 e. The van der Waals surface area contributed by atoms with Crippen molar-refractivity contribution < 1.29 is 4.79 Å². The third-order valence-corrected chi connectivity index (χ3v) is 5.94. The van der Waals surface area contributed by atoms with E-state index in [0.29, 0.717) is 17.3 Å². The number of nitrogens with one attached hydrogen (secondary N) is 2. The number of para-hydroxylation sites is 2. The molecule has 3 aromatic carbocycles. The standard InChI is InChI=1S/C25H26N6O/c1-30-15-13-18(14-16-30)26-19-7-6-8-20(17-19)27-25(32)21-9-2-4-11-23(21)31-24-12-5-3-10-22(24)28-29-31/h2-12,17-18,26H,13-16H2,1H3,(H,27,32). The van der Waals surface area contributed by atoms with Crippen molar-refractivity contribution in [3.63, 3.8) is 0 Å². The van der Waals surface area contributed by atoms with Gasteiger partial charge in [0.1, 0.15) is 5.52 Å². The van der Waals surface area contributed by atoms with Gasteiger partial charge in [-0.1, -0.05) is 35.5 Å². The lowest BCUT2D eigenvalue weighted by Gasteiger charge is -2.30. The molecule has 2 heterocycles. The van der Waals surface area contributed by atoms with Gasteiger partial charge in [0.2, 0.25) is 0 Å². The third-order valence-electron chi connectivity index (χ3n) is 5.94. The van der Waals surface area contributed by atoms with Gasteiger partial charge in [-0.3, -0.25) is 4.79 Å². The molecule has 0 bridgehead atoms. The van der Waals surface area contributed by atoms with Gasteiger partial charge in [-0.25, -0.2) is 4.68 Å². The van der Waals surface area contributed by atoms with Crippen molar-refractivity contribution in [2.24, 2.45) is 0 Å². The molecule has 0 unspecified atom stereocenters. The number of carbonyl (C=O) groups is 1. The van der Waals surface area contributed by atoms with Gasteiger partial charge >= 0.3 is 0 Å². The zero-order chi connectivity index (χ0) is 21.9. The molecule has 4 aromatic rings. The van der Waals surface area contributed by atoms with Crippen molar-refractivity contribution in [2.75, 3.05) is 30.8 Å². The predicted molar refractivity (Wildman–Crippen MR) is 127 cm³/mol. The Morgan fingerprint density at radius 1 is 0.938 bits per heavy atom. The van der Waals surface area contributed by atoms with Gasteiger partial charge in [0.05, 0.1) is 16.8 Å². The van der Waals surface area contributed by atoms with Crippen LogP contribution in [0.25, 0.3) is 16.7 Å². The molecule has 5 rings (SSSR count). The Kier molecular flexibility index (Phi) is 5.56. The molecule has 162 valence electrons. The van der Waals surface area contributed by atoms with Crippen LogP contribution in [0.1, 0.15) is 23.2 Å². The molecule has 0 aliphatic carbocycles. The summed E-state index contributed by atoms with van der Waals surface area (Å²) in [6, 6.07) is 23.5. The minimum absolute atomic E-state index is 0.184. The molecule has 0 radical (unpaired) electrons. The van der Waals surface area contributed by atoms with Crippen molar-refractivity contribution in [1.82, 2.24) is 19.9 Å². The van der Waals surface area contributed by atoms with E-state index in [0.717, 1.165) is 48.3 Å². The summed E-state index contributed by atoms with van der Waals surface area (Å²) in [5.74, 6) is -0.184. The SMILES string of the molecule is CN1CCC(Nc2cccc(NC(=O)c3ccccc3-n3nnc4ccccc43)c2)CC1. The number of hydrogen-bond donors (Lipinski definition) is 2. The van der Waals surface area contributed by atoms with Crippen LogP contribution in [0, 0.1) is 0 Å². The molecule has 7 nitrogen and oxygen atoms in total. The molecule has 1 amide bonds. The van der Waals surface area contributed by atoms with E-state index in [1.165, 1.54) is 0 Å². The fourth-order valence-electron chi connectivity index (χ4n) is 4.17. The summed E-state index contributed by atoms with van der Waals surface area (Å²) in [7, 11) is 2.16. The maximum absolute atomic E-state index is 13.2. The molecule has 1 aromatic heterocycles. The van der Waals surface area contributed by atoms with Crippen LogP contribution in [0.4, 0.5) is 11.4 Å².